The van der Waals surface area contributed by atoms with E-state index in [-0.39, 0.29) is 5.92 Å². The van der Waals surface area contributed by atoms with Gasteiger partial charge in [0.05, 0.1) is 5.69 Å². The second kappa shape index (κ2) is 5.57. The zero-order valence-corrected chi connectivity index (χ0v) is 12.4. The van der Waals surface area contributed by atoms with Gasteiger partial charge in [-0.25, -0.2) is 9.97 Å². The van der Waals surface area contributed by atoms with Gasteiger partial charge in [0.1, 0.15) is 11.6 Å². The molecule has 0 bridgehead atoms. The number of benzene rings is 1. The average Bonchev–Trinajstić information content (AvgIpc) is 2.38. The summed E-state index contributed by atoms with van der Waals surface area (Å²) in [5, 5.41) is 3.85. The summed E-state index contributed by atoms with van der Waals surface area (Å²) in [6, 6.07) is 7.75. The van der Waals surface area contributed by atoms with Crippen LogP contribution in [0.25, 0.3) is 11.3 Å². The van der Waals surface area contributed by atoms with Gasteiger partial charge in [-0.1, -0.05) is 37.6 Å². The summed E-state index contributed by atoms with van der Waals surface area (Å²) in [5.74, 6) is 1.99. The van der Waals surface area contributed by atoms with Crippen LogP contribution in [0.3, 0.4) is 0 Å². The van der Waals surface area contributed by atoms with Gasteiger partial charge in [0.15, 0.2) is 0 Å². The molecule has 1 heterocycles. The zero-order valence-electron chi connectivity index (χ0n) is 11.7. The minimum absolute atomic E-state index is 0.283. The van der Waals surface area contributed by atoms with Gasteiger partial charge in [-0.3, -0.25) is 0 Å². The third-order valence-corrected chi connectivity index (χ3v) is 3.25. The molecule has 1 N–H and O–H groups in total. The van der Waals surface area contributed by atoms with Crippen molar-refractivity contribution < 1.29 is 0 Å². The molecule has 0 radical (unpaired) electrons. The lowest BCUT2D eigenvalue weighted by Gasteiger charge is -2.14. The number of nitrogens with one attached hydrogen (secondary N) is 1. The Labute approximate surface area is 119 Å². The fourth-order valence-corrected chi connectivity index (χ4v) is 2.14. The third-order valence-electron chi connectivity index (χ3n) is 3.01. The molecule has 0 unspecified atom stereocenters. The van der Waals surface area contributed by atoms with Crippen molar-refractivity contribution in [3.8, 4) is 11.3 Å². The highest BCUT2D eigenvalue weighted by Gasteiger charge is 2.13. The van der Waals surface area contributed by atoms with Crippen molar-refractivity contribution in [2.45, 2.75) is 26.7 Å². The number of aromatic nitrogens is 2. The Bertz CT molecular complexity index is 594. The second-order valence-electron chi connectivity index (χ2n) is 4.82. The van der Waals surface area contributed by atoms with Gasteiger partial charge in [-0.15, -0.1) is 0 Å². The van der Waals surface area contributed by atoms with E-state index in [2.05, 4.69) is 29.1 Å². The molecule has 0 fully saturated rings. The molecular weight excluding hydrogens is 258 g/mol. The van der Waals surface area contributed by atoms with Crippen LogP contribution < -0.4 is 5.32 Å². The van der Waals surface area contributed by atoms with Gasteiger partial charge in [-0.2, -0.15) is 0 Å². The number of hydrogen-bond acceptors (Lipinski definition) is 3. The molecule has 2 aromatic rings. The maximum atomic E-state index is 6.06. The van der Waals surface area contributed by atoms with E-state index in [1.807, 2.05) is 38.2 Å². The molecule has 0 atom stereocenters. The topological polar surface area (TPSA) is 37.8 Å². The molecule has 0 aliphatic rings. The van der Waals surface area contributed by atoms with E-state index in [9.17, 15) is 0 Å². The molecule has 1 aromatic carbocycles. The Morgan fingerprint density at radius 1 is 1.21 bits per heavy atom. The zero-order chi connectivity index (χ0) is 14.0. The molecule has 0 amide bonds. The van der Waals surface area contributed by atoms with Crippen molar-refractivity contribution in [3.05, 3.63) is 40.7 Å². The summed E-state index contributed by atoms with van der Waals surface area (Å²) in [5.41, 5.74) is 2.99. The monoisotopic (exact) mass is 275 g/mol. The van der Waals surface area contributed by atoms with Crippen LogP contribution in [0.1, 0.15) is 31.2 Å². The van der Waals surface area contributed by atoms with Crippen LogP contribution in [-0.4, -0.2) is 17.0 Å². The van der Waals surface area contributed by atoms with E-state index >= 15 is 0 Å². The van der Waals surface area contributed by atoms with Crippen LogP contribution in [0.2, 0.25) is 5.02 Å². The second-order valence-corrected chi connectivity index (χ2v) is 5.26. The maximum absolute atomic E-state index is 6.06. The van der Waals surface area contributed by atoms with E-state index in [1.54, 1.807) is 0 Å². The van der Waals surface area contributed by atoms with Gasteiger partial charge in [0, 0.05) is 29.1 Å². The van der Waals surface area contributed by atoms with E-state index in [1.165, 1.54) is 0 Å². The fraction of sp³-hybridized carbons (Fsp3) is 0.333. The van der Waals surface area contributed by atoms with Crippen LogP contribution >= 0.6 is 11.6 Å². The van der Waals surface area contributed by atoms with Crippen molar-refractivity contribution >= 4 is 17.4 Å². The molecule has 2 rings (SSSR count). The third kappa shape index (κ3) is 2.87. The highest BCUT2D eigenvalue weighted by molar-refractivity contribution is 6.30. The Morgan fingerprint density at radius 3 is 2.53 bits per heavy atom. The van der Waals surface area contributed by atoms with Gasteiger partial charge < -0.3 is 5.32 Å². The van der Waals surface area contributed by atoms with Crippen molar-refractivity contribution in [2.75, 3.05) is 12.4 Å². The molecule has 4 heteroatoms. The van der Waals surface area contributed by atoms with Crippen molar-refractivity contribution in [2.24, 2.45) is 0 Å². The Balaban J connectivity index is 2.64. The van der Waals surface area contributed by atoms with Gasteiger partial charge in [0.2, 0.25) is 0 Å². The summed E-state index contributed by atoms with van der Waals surface area (Å²) in [6.45, 7) is 6.20. The van der Waals surface area contributed by atoms with Crippen LogP contribution in [0.4, 0.5) is 5.82 Å². The number of nitrogens with zero attached hydrogens (tertiary/aromatic N) is 2. The predicted molar refractivity (Wildman–Crippen MR) is 80.9 cm³/mol. The number of anilines is 1. The Kier molecular flexibility index (Phi) is 4.05. The fourth-order valence-electron chi connectivity index (χ4n) is 1.95. The van der Waals surface area contributed by atoms with Crippen molar-refractivity contribution in [3.63, 3.8) is 0 Å². The predicted octanol–water partition coefficient (Wildman–Crippen LogP) is 4.27. The lowest BCUT2D eigenvalue weighted by Crippen LogP contribution is -2.06. The smallest absolute Gasteiger partial charge is 0.133 e. The van der Waals surface area contributed by atoms with Gasteiger partial charge in [0.25, 0.3) is 0 Å². The highest BCUT2D eigenvalue weighted by atomic mass is 35.5. The molecule has 0 aliphatic carbocycles. The van der Waals surface area contributed by atoms with Crippen LogP contribution in [0, 0.1) is 6.92 Å². The number of hydrogen-bond donors (Lipinski definition) is 1. The normalized spacial score (nSPS) is 10.8. The number of halogens is 1. The molecule has 3 nitrogen and oxygen atoms in total. The van der Waals surface area contributed by atoms with E-state index in [4.69, 9.17) is 11.6 Å². The van der Waals surface area contributed by atoms with E-state index in [0.717, 1.165) is 28.5 Å². The number of rotatable bonds is 3. The summed E-state index contributed by atoms with van der Waals surface area (Å²) < 4.78 is 0. The lowest BCUT2D eigenvalue weighted by molar-refractivity contribution is 0.775. The standard InChI is InChI=1S/C15H18ClN3/c1-9(2)14-18-13(10(3)15(17-4)19-14)11-6-5-7-12(16)8-11/h5-9H,1-4H3,(H,17,18,19). The highest BCUT2D eigenvalue weighted by Crippen LogP contribution is 2.28. The molecule has 0 saturated heterocycles. The first kappa shape index (κ1) is 13.8. The minimum Gasteiger partial charge on any atom is -0.373 e. The summed E-state index contributed by atoms with van der Waals surface area (Å²) >= 11 is 6.06. The SMILES string of the molecule is CNc1nc(C(C)C)nc(-c2cccc(Cl)c2)c1C. The first-order valence-corrected chi connectivity index (χ1v) is 6.73. The Morgan fingerprint density at radius 2 is 1.95 bits per heavy atom. The van der Waals surface area contributed by atoms with Crippen LogP contribution in [0.15, 0.2) is 24.3 Å². The molecule has 19 heavy (non-hydrogen) atoms. The average molecular weight is 276 g/mol. The van der Waals surface area contributed by atoms with E-state index < -0.39 is 0 Å². The first-order valence-electron chi connectivity index (χ1n) is 6.35. The van der Waals surface area contributed by atoms with Gasteiger partial charge >= 0.3 is 0 Å². The molecule has 1 aromatic heterocycles. The molecule has 0 aliphatic heterocycles. The summed E-state index contributed by atoms with van der Waals surface area (Å²) in [7, 11) is 1.88. The maximum Gasteiger partial charge on any atom is 0.133 e. The van der Waals surface area contributed by atoms with Crippen molar-refractivity contribution in [1.82, 2.24) is 9.97 Å². The Hall–Kier alpha value is -1.61. The quantitative estimate of drug-likeness (QED) is 0.909. The summed E-state index contributed by atoms with van der Waals surface area (Å²) in [6.07, 6.45) is 0. The van der Waals surface area contributed by atoms with E-state index in [0.29, 0.717) is 5.02 Å². The van der Waals surface area contributed by atoms with Gasteiger partial charge in [-0.05, 0) is 19.1 Å². The molecule has 0 saturated carbocycles. The largest absolute Gasteiger partial charge is 0.373 e. The first-order chi connectivity index (χ1) is 9.02. The molecule has 100 valence electrons. The minimum atomic E-state index is 0.283. The lowest BCUT2D eigenvalue weighted by atomic mass is 10.1. The molecule has 0 spiro atoms. The summed E-state index contributed by atoms with van der Waals surface area (Å²) in [4.78, 5) is 9.23. The van der Waals surface area contributed by atoms with Crippen LogP contribution in [-0.2, 0) is 0 Å². The molecular formula is C15H18ClN3. The van der Waals surface area contributed by atoms with Crippen LogP contribution in [0.5, 0.6) is 0 Å². The van der Waals surface area contributed by atoms with Crippen molar-refractivity contribution in [1.29, 1.82) is 0 Å².